The lowest BCUT2D eigenvalue weighted by Gasteiger charge is -2.43. The van der Waals surface area contributed by atoms with Gasteiger partial charge in [0.15, 0.2) is 0 Å². The first-order valence-electron chi connectivity index (χ1n) is 4.14. The van der Waals surface area contributed by atoms with Crippen LogP contribution in [0.5, 0.6) is 0 Å². The van der Waals surface area contributed by atoms with Crippen LogP contribution in [0.25, 0.3) is 0 Å². The normalized spacial score (nSPS) is 24.0. The summed E-state index contributed by atoms with van der Waals surface area (Å²) in [6, 6.07) is 1.90. The van der Waals surface area contributed by atoms with Gasteiger partial charge in [-0.3, -0.25) is 0 Å². The van der Waals surface area contributed by atoms with E-state index in [-0.39, 0.29) is 12.8 Å². The molecule has 0 saturated heterocycles. The zero-order valence-corrected chi connectivity index (χ0v) is 8.13. The van der Waals surface area contributed by atoms with Crippen LogP contribution < -0.4 is 5.73 Å². The van der Waals surface area contributed by atoms with Crippen molar-refractivity contribution in [2.24, 2.45) is 5.73 Å². The molecule has 0 bridgehead atoms. The zero-order chi connectivity index (χ0) is 9.69. The molecule has 72 valence electrons. The molecule has 2 N–H and O–H groups in total. The summed E-state index contributed by atoms with van der Waals surface area (Å²) in [5.74, 6) is -2.55. The number of nitrogens with two attached hydrogens (primary N) is 1. The highest BCUT2D eigenvalue weighted by Gasteiger charge is 2.55. The van der Waals surface area contributed by atoms with Crippen LogP contribution in [0, 0.1) is 6.92 Å². The van der Waals surface area contributed by atoms with E-state index in [4.69, 9.17) is 5.73 Å². The Morgan fingerprint density at radius 1 is 1.46 bits per heavy atom. The standard InChI is InChI=1S/C9H11F2NS/c1-6-2-7(13-3-6)8(12)4-9(10,11)5-8/h2-3H,4-5,12H2,1H3. The highest BCUT2D eigenvalue weighted by molar-refractivity contribution is 7.10. The fourth-order valence-electron chi connectivity index (χ4n) is 1.74. The summed E-state index contributed by atoms with van der Waals surface area (Å²) in [6.07, 6.45) is -0.417. The van der Waals surface area contributed by atoms with Gasteiger partial charge >= 0.3 is 0 Å². The predicted octanol–water partition coefficient (Wildman–Crippen LogP) is 2.64. The largest absolute Gasteiger partial charge is 0.320 e. The lowest BCUT2D eigenvalue weighted by atomic mass is 9.73. The average Bonchev–Trinajstić information content (AvgIpc) is 2.31. The molecular formula is C9H11F2NS. The number of alkyl halides is 2. The molecule has 0 atom stereocenters. The van der Waals surface area contributed by atoms with Crippen LogP contribution in [0.15, 0.2) is 11.4 Å². The summed E-state index contributed by atoms with van der Waals surface area (Å²) in [5, 5.41) is 1.94. The van der Waals surface area contributed by atoms with Crippen molar-refractivity contribution in [2.75, 3.05) is 0 Å². The fourth-order valence-corrected chi connectivity index (χ4v) is 2.75. The Kier molecular flexibility index (Phi) is 1.76. The van der Waals surface area contributed by atoms with E-state index in [0.29, 0.717) is 0 Å². The third-order valence-electron chi connectivity index (χ3n) is 2.37. The van der Waals surface area contributed by atoms with Gasteiger partial charge in [-0.05, 0) is 23.9 Å². The molecule has 0 aromatic carbocycles. The molecule has 1 aliphatic carbocycles. The van der Waals surface area contributed by atoms with Crippen LogP contribution in [0.1, 0.15) is 23.3 Å². The number of rotatable bonds is 1. The van der Waals surface area contributed by atoms with Gasteiger partial charge in [-0.1, -0.05) is 0 Å². The molecule has 1 aliphatic rings. The lowest BCUT2D eigenvalue weighted by molar-refractivity contribution is -0.123. The summed E-state index contributed by atoms with van der Waals surface area (Å²) in [4.78, 5) is 0.885. The highest BCUT2D eigenvalue weighted by atomic mass is 32.1. The molecule has 1 fully saturated rings. The van der Waals surface area contributed by atoms with Gasteiger partial charge in [-0.2, -0.15) is 0 Å². The van der Waals surface area contributed by atoms with Crippen LogP contribution in [-0.2, 0) is 5.54 Å². The molecule has 1 aromatic heterocycles. The number of thiophene rings is 1. The molecule has 0 spiro atoms. The van der Waals surface area contributed by atoms with E-state index in [2.05, 4.69) is 0 Å². The molecule has 0 amide bonds. The van der Waals surface area contributed by atoms with Crippen molar-refractivity contribution in [1.82, 2.24) is 0 Å². The Morgan fingerprint density at radius 3 is 2.46 bits per heavy atom. The summed E-state index contributed by atoms with van der Waals surface area (Å²) in [5.41, 5.74) is 6.18. The number of aryl methyl sites for hydroxylation is 1. The Hall–Kier alpha value is -0.480. The van der Waals surface area contributed by atoms with Crippen LogP contribution in [-0.4, -0.2) is 5.92 Å². The molecule has 2 rings (SSSR count). The highest BCUT2D eigenvalue weighted by Crippen LogP contribution is 2.51. The number of hydrogen-bond acceptors (Lipinski definition) is 2. The van der Waals surface area contributed by atoms with Gasteiger partial charge in [0.05, 0.1) is 5.54 Å². The van der Waals surface area contributed by atoms with Crippen LogP contribution in [0.4, 0.5) is 8.78 Å². The quantitative estimate of drug-likeness (QED) is 0.746. The Balaban J connectivity index is 2.20. The third kappa shape index (κ3) is 1.48. The molecule has 0 aliphatic heterocycles. The van der Waals surface area contributed by atoms with Gasteiger partial charge < -0.3 is 5.73 Å². The molecule has 0 unspecified atom stereocenters. The summed E-state index contributed by atoms with van der Waals surface area (Å²) < 4.78 is 25.3. The van der Waals surface area contributed by atoms with Gasteiger partial charge in [0.25, 0.3) is 5.92 Å². The Labute approximate surface area is 79.6 Å². The minimum Gasteiger partial charge on any atom is -0.320 e. The maximum atomic E-state index is 12.7. The molecule has 13 heavy (non-hydrogen) atoms. The van der Waals surface area contributed by atoms with E-state index in [1.807, 2.05) is 18.4 Å². The summed E-state index contributed by atoms with van der Waals surface area (Å²) in [7, 11) is 0. The molecule has 1 saturated carbocycles. The van der Waals surface area contributed by atoms with E-state index in [0.717, 1.165) is 10.4 Å². The first kappa shape index (κ1) is 9.09. The second-order valence-electron chi connectivity index (χ2n) is 3.85. The van der Waals surface area contributed by atoms with E-state index in [9.17, 15) is 8.78 Å². The van der Waals surface area contributed by atoms with E-state index >= 15 is 0 Å². The van der Waals surface area contributed by atoms with Crippen molar-refractivity contribution >= 4 is 11.3 Å². The minimum absolute atomic E-state index is 0.208. The average molecular weight is 203 g/mol. The van der Waals surface area contributed by atoms with Gasteiger partial charge in [-0.15, -0.1) is 11.3 Å². The van der Waals surface area contributed by atoms with E-state index in [1.165, 1.54) is 11.3 Å². The van der Waals surface area contributed by atoms with Crippen LogP contribution in [0.3, 0.4) is 0 Å². The summed E-state index contributed by atoms with van der Waals surface area (Å²) in [6.45, 7) is 1.94. The van der Waals surface area contributed by atoms with Gasteiger partial charge in [0, 0.05) is 17.7 Å². The molecule has 1 heterocycles. The Bertz CT molecular complexity index is 324. The van der Waals surface area contributed by atoms with Crippen LogP contribution >= 0.6 is 11.3 Å². The second-order valence-corrected chi connectivity index (χ2v) is 4.77. The van der Waals surface area contributed by atoms with Crippen molar-refractivity contribution in [1.29, 1.82) is 0 Å². The second kappa shape index (κ2) is 2.51. The first-order valence-corrected chi connectivity index (χ1v) is 5.02. The molecule has 1 aromatic rings. The zero-order valence-electron chi connectivity index (χ0n) is 7.31. The lowest BCUT2D eigenvalue weighted by Crippen LogP contribution is -2.55. The number of halogens is 2. The van der Waals surface area contributed by atoms with Crippen molar-refractivity contribution < 1.29 is 8.78 Å². The smallest absolute Gasteiger partial charge is 0.252 e. The predicted molar refractivity (Wildman–Crippen MR) is 49.1 cm³/mol. The van der Waals surface area contributed by atoms with Gasteiger partial charge in [0.1, 0.15) is 0 Å². The van der Waals surface area contributed by atoms with Gasteiger partial charge in [-0.25, -0.2) is 8.78 Å². The first-order chi connectivity index (χ1) is 5.91. The molecular weight excluding hydrogens is 192 g/mol. The molecule has 4 heteroatoms. The van der Waals surface area contributed by atoms with Crippen molar-refractivity contribution in [3.05, 3.63) is 21.9 Å². The summed E-state index contributed by atoms with van der Waals surface area (Å²) >= 11 is 1.47. The Morgan fingerprint density at radius 2 is 2.08 bits per heavy atom. The third-order valence-corrected chi connectivity index (χ3v) is 3.64. The van der Waals surface area contributed by atoms with Crippen molar-refractivity contribution in [3.63, 3.8) is 0 Å². The number of hydrogen-bond donors (Lipinski definition) is 1. The molecule has 1 nitrogen and oxygen atoms in total. The fraction of sp³-hybridized carbons (Fsp3) is 0.556. The van der Waals surface area contributed by atoms with Crippen molar-refractivity contribution in [3.8, 4) is 0 Å². The SMILES string of the molecule is Cc1csc(C2(N)CC(F)(F)C2)c1. The topological polar surface area (TPSA) is 26.0 Å². The van der Waals surface area contributed by atoms with E-state index in [1.54, 1.807) is 0 Å². The monoisotopic (exact) mass is 203 g/mol. The maximum Gasteiger partial charge on any atom is 0.252 e. The van der Waals surface area contributed by atoms with Gasteiger partial charge in [0.2, 0.25) is 0 Å². The van der Waals surface area contributed by atoms with E-state index < -0.39 is 11.5 Å². The molecule has 0 radical (unpaired) electrons. The minimum atomic E-state index is -2.55. The van der Waals surface area contributed by atoms with Crippen LogP contribution in [0.2, 0.25) is 0 Å². The maximum absolute atomic E-state index is 12.7. The van der Waals surface area contributed by atoms with Crippen molar-refractivity contribution in [2.45, 2.75) is 31.2 Å².